The average molecular weight is 345 g/mol. The second-order valence-corrected chi connectivity index (χ2v) is 5.77. The first-order valence-electron chi connectivity index (χ1n) is 7.34. The number of carbonyl (C=O) groups is 2. The molecule has 0 saturated heterocycles. The highest BCUT2D eigenvalue weighted by molar-refractivity contribution is 7.98. The van der Waals surface area contributed by atoms with Crippen molar-refractivity contribution in [2.24, 2.45) is 0 Å². The fraction of sp³-hybridized carbons (Fsp3) is 0.222. The largest absolute Gasteiger partial charge is 0.496 e. The van der Waals surface area contributed by atoms with E-state index in [0.717, 1.165) is 10.5 Å². The molecule has 6 heteroatoms. The Morgan fingerprint density at radius 3 is 2.46 bits per heavy atom. The summed E-state index contributed by atoms with van der Waals surface area (Å²) in [4.78, 5) is 25.0. The minimum atomic E-state index is -0.493. The van der Waals surface area contributed by atoms with Crippen LogP contribution in [0.25, 0.3) is 0 Å². The van der Waals surface area contributed by atoms with E-state index in [4.69, 9.17) is 9.47 Å². The number of esters is 1. The molecule has 0 aliphatic rings. The third-order valence-corrected chi connectivity index (χ3v) is 4.05. The molecular weight excluding hydrogens is 326 g/mol. The average Bonchev–Trinajstić information content (AvgIpc) is 2.64. The first-order valence-corrected chi connectivity index (χ1v) is 8.56. The van der Waals surface area contributed by atoms with Crippen molar-refractivity contribution < 1.29 is 19.1 Å². The zero-order chi connectivity index (χ0) is 17.4. The Hall–Kier alpha value is -2.47. The van der Waals surface area contributed by atoms with Crippen LogP contribution in [0.5, 0.6) is 5.75 Å². The molecule has 0 fully saturated rings. The Balaban J connectivity index is 1.81. The van der Waals surface area contributed by atoms with Gasteiger partial charge in [0, 0.05) is 4.90 Å². The molecule has 0 saturated carbocycles. The summed E-state index contributed by atoms with van der Waals surface area (Å²) in [6.45, 7) is -0.0161. The van der Waals surface area contributed by atoms with E-state index >= 15 is 0 Å². The monoisotopic (exact) mass is 345 g/mol. The lowest BCUT2D eigenvalue weighted by Gasteiger charge is -2.09. The van der Waals surface area contributed by atoms with Crippen LogP contribution in [0.3, 0.4) is 0 Å². The zero-order valence-corrected chi connectivity index (χ0v) is 14.4. The number of carbonyl (C=O) groups excluding carboxylic acids is 2. The first-order chi connectivity index (χ1) is 11.6. The van der Waals surface area contributed by atoms with Gasteiger partial charge in [-0.15, -0.1) is 11.8 Å². The van der Waals surface area contributed by atoms with Gasteiger partial charge in [-0.25, -0.2) is 0 Å². The number of hydrogen-bond acceptors (Lipinski definition) is 5. The summed E-state index contributed by atoms with van der Waals surface area (Å²) in [5.74, 6) is -0.418. The molecule has 0 spiro atoms. The number of amides is 1. The van der Waals surface area contributed by atoms with E-state index in [9.17, 15) is 9.59 Å². The Bertz CT molecular complexity index is 700. The molecule has 2 aromatic rings. The topological polar surface area (TPSA) is 64.6 Å². The van der Waals surface area contributed by atoms with Crippen molar-refractivity contribution in [3.8, 4) is 5.75 Å². The molecule has 0 unspecified atom stereocenters. The molecule has 0 heterocycles. The summed E-state index contributed by atoms with van der Waals surface area (Å²) in [6.07, 6.45) is 2.00. The number of methoxy groups -OCH3 is 1. The van der Waals surface area contributed by atoms with Crippen molar-refractivity contribution >= 4 is 23.6 Å². The number of ether oxygens (including phenoxy) is 2. The highest BCUT2D eigenvalue weighted by Crippen LogP contribution is 2.17. The van der Waals surface area contributed by atoms with Gasteiger partial charge in [0.25, 0.3) is 5.91 Å². The highest BCUT2D eigenvalue weighted by Gasteiger charge is 2.13. The van der Waals surface area contributed by atoms with E-state index in [1.807, 2.05) is 30.5 Å². The van der Waals surface area contributed by atoms with Gasteiger partial charge in [0.2, 0.25) is 0 Å². The molecule has 0 bridgehead atoms. The molecule has 1 amide bonds. The van der Waals surface area contributed by atoms with E-state index in [1.165, 1.54) is 7.11 Å². The van der Waals surface area contributed by atoms with Crippen molar-refractivity contribution in [3.05, 3.63) is 59.7 Å². The van der Waals surface area contributed by atoms with Gasteiger partial charge in [0.05, 0.1) is 12.7 Å². The van der Waals surface area contributed by atoms with Gasteiger partial charge in [0.15, 0.2) is 0 Å². The van der Waals surface area contributed by atoms with Crippen molar-refractivity contribution in [1.29, 1.82) is 0 Å². The fourth-order valence-electron chi connectivity index (χ4n) is 2.02. The maximum Gasteiger partial charge on any atom is 0.325 e. The Labute approximate surface area is 145 Å². The molecule has 0 aliphatic carbocycles. The Morgan fingerprint density at radius 1 is 1.08 bits per heavy atom. The predicted molar refractivity (Wildman–Crippen MR) is 93.3 cm³/mol. The van der Waals surface area contributed by atoms with Crippen LogP contribution >= 0.6 is 11.8 Å². The van der Waals surface area contributed by atoms with E-state index in [1.54, 1.807) is 36.0 Å². The molecule has 126 valence electrons. The quantitative estimate of drug-likeness (QED) is 0.617. The van der Waals surface area contributed by atoms with Crippen LogP contribution in [0, 0.1) is 0 Å². The van der Waals surface area contributed by atoms with E-state index in [2.05, 4.69) is 5.32 Å². The molecule has 0 aliphatic heterocycles. The van der Waals surface area contributed by atoms with Gasteiger partial charge in [0.1, 0.15) is 18.9 Å². The summed E-state index contributed by atoms with van der Waals surface area (Å²) in [6, 6.07) is 14.6. The zero-order valence-electron chi connectivity index (χ0n) is 13.6. The van der Waals surface area contributed by atoms with Gasteiger partial charge in [-0.05, 0) is 36.1 Å². The third kappa shape index (κ3) is 5.03. The maximum absolute atomic E-state index is 12.1. The van der Waals surface area contributed by atoms with Crippen molar-refractivity contribution in [2.75, 3.05) is 19.9 Å². The van der Waals surface area contributed by atoms with Crippen LogP contribution in [0.1, 0.15) is 15.9 Å². The Morgan fingerprint density at radius 2 is 1.79 bits per heavy atom. The van der Waals surface area contributed by atoms with Crippen LogP contribution in [0.4, 0.5) is 0 Å². The van der Waals surface area contributed by atoms with Gasteiger partial charge in [-0.3, -0.25) is 9.59 Å². The van der Waals surface area contributed by atoms with Crippen LogP contribution in [-0.2, 0) is 16.1 Å². The normalized spacial score (nSPS) is 10.1. The van der Waals surface area contributed by atoms with E-state index < -0.39 is 5.97 Å². The summed E-state index contributed by atoms with van der Waals surface area (Å²) in [5, 5.41) is 2.53. The second kappa shape index (κ2) is 8.98. The van der Waals surface area contributed by atoms with Crippen LogP contribution in [0.2, 0.25) is 0 Å². The highest BCUT2D eigenvalue weighted by atomic mass is 32.2. The summed E-state index contributed by atoms with van der Waals surface area (Å²) in [7, 11) is 1.49. The summed E-state index contributed by atoms with van der Waals surface area (Å²) < 4.78 is 10.3. The molecule has 2 rings (SSSR count). The van der Waals surface area contributed by atoms with E-state index in [-0.39, 0.29) is 19.1 Å². The van der Waals surface area contributed by atoms with Gasteiger partial charge in [-0.1, -0.05) is 24.3 Å². The number of rotatable bonds is 7. The predicted octanol–water partition coefficient (Wildman–Crippen LogP) is 2.89. The molecule has 0 atom stereocenters. The lowest BCUT2D eigenvalue weighted by Crippen LogP contribution is -2.30. The number of para-hydroxylation sites is 1. The van der Waals surface area contributed by atoms with E-state index in [0.29, 0.717) is 11.3 Å². The number of thioether (sulfide) groups is 1. The number of nitrogens with one attached hydrogen (secondary N) is 1. The molecule has 5 nitrogen and oxygen atoms in total. The minimum Gasteiger partial charge on any atom is -0.496 e. The van der Waals surface area contributed by atoms with Crippen molar-refractivity contribution in [1.82, 2.24) is 5.32 Å². The van der Waals surface area contributed by atoms with Gasteiger partial charge >= 0.3 is 5.97 Å². The fourth-order valence-corrected chi connectivity index (χ4v) is 2.42. The van der Waals surface area contributed by atoms with Crippen LogP contribution in [-0.4, -0.2) is 31.8 Å². The number of benzene rings is 2. The molecule has 24 heavy (non-hydrogen) atoms. The van der Waals surface area contributed by atoms with Crippen molar-refractivity contribution in [2.45, 2.75) is 11.5 Å². The summed E-state index contributed by atoms with van der Waals surface area (Å²) in [5.41, 5.74) is 1.28. The molecule has 2 aromatic carbocycles. The maximum atomic E-state index is 12.1. The third-order valence-electron chi connectivity index (χ3n) is 3.30. The number of hydrogen-bond donors (Lipinski definition) is 1. The molecule has 1 N–H and O–H groups in total. The first kappa shape index (κ1) is 17.9. The molecule has 0 aromatic heterocycles. The lowest BCUT2D eigenvalue weighted by molar-refractivity contribution is -0.143. The minimum absolute atomic E-state index is 0.179. The standard InChI is InChI=1S/C18H19NO4S/c1-22-16-6-4-3-5-15(16)18(21)19-11-17(20)23-12-13-7-9-14(24-2)10-8-13/h3-10H,11-12H2,1-2H3,(H,19,21). The van der Waals surface area contributed by atoms with Crippen molar-refractivity contribution in [3.63, 3.8) is 0 Å². The van der Waals surface area contributed by atoms with Gasteiger partial charge in [-0.2, -0.15) is 0 Å². The van der Waals surface area contributed by atoms with Crippen LogP contribution in [0.15, 0.2) is 53.4 Å². The summed E-state index contributed by atoms with van der Waals surface area (Å²) >= 11 is 1.65. The van der Waals surface area contributed by atoms with Gasteiger partial charge < -0.3 is 14.8 Å². The SMILES string of the molecule is COc1ccccc1C(=O)NCC(=O)OCc1ccc(SC)cc1. The lowest BCUT2D eigenvalue weighted by atomic mass is 10.2. The molecule has 0 radical (unpaired) electrons. The Kier molecular flexibility index (Phi) is 6.69. The molecular formula is C18H19NO4S. The smallest absolute Gasteiger partial charge is 0.325 e. The van der Waals surface area contributed by atoms with Crippen LogP contribution < -0.4 is 10.1 Å². The second-order valence-electron chi connectivity index (χ2n) is 4.89.